The molecule has 0 bridgehead atoms. The molecule has 0 spiro atoms. The molecule has 0 saturated carbocycles. The van der Waals surface area contributed by atoms with E-state index < -0.39 is 11.9 Å². The van der Waals surface area contributed by atoms with Crippen molar-refractivity contribution in [3.63, 3.8) is 0 Å². The zero-order valence-electron chi connectivity index (χ0n) is 18.5. The number of nitrogens with zero attached hydrogens (tertiary/aromatic N) is 1. The molecule has 4 aromatic rings. The van der Waals surface area contributed by atoms with Gasteiger partial charge in [-0.15, -0.1) is 0 Å². The average molecular weight is 453 g/mol. The Kier molecular flexibility index (Phi) is 6.84. The van der Waals surface area contributed by atoms with Gasteiger partial charge in [0.05, 0.1) is 22.5 Å². The number of esters is 1. The Morgan fingerprint density at radius 2 is 1.65 bits per heavy atom. The van der Waals surface area contributed by atoms with Crippen molar-refractivity contribution < 1.29 is 19.4 Å². The van der Waals surface area contributed by atoms with Crippen LogP contribution < -0.4 is 15.4 Å². The maximum atomic E-state index is 13.0. The monoisotopic (exact) mass is 453 g/mol. The van der Waals surface area contributed by atoms with Crippen LogP contribution in [-0.2, 0) is 0 Å². The molecule has 3 N–H and O–H groups in total. The van der Waals surface area contributed by atoms with E-state index >= 15 is 0 Å². The van der Waals surface area contributed by atoms with Gasteiger partial charge in [0.2, 0.25) is 0 Å². The number of aromatic nitrogens is 1. The molecule has 7 heteroatoms. The molecule has 1 aromatic heterocycles. The number of aromatic hydroxyl groups is 1. The lowest BCUT2D eigenvalue weighted by Gasteiger charge is -2.14. The molecular formula is C27H23N3O4. The van der Waals surface area contributed by atoms with Crippen LogP contribution in [0.2, 0.25) is 0 Å². The average Bonchev–Trinajstić information content (AvgIpc) is 2.86. The number of benzene rings is 3. The maximum Gasteiger partial charge on any atom is 0.345 e. The lowest BCUT2D eigenvalue weighted by Crippen LogP contribution is -2.17. The Labute approximate surface area is 197 Å². The quantitative estimate of drug-likeness (QED) is 0.257. The number of para-hydroxylation sites is 3. The summed E-state index contributed by atoms with van der Waals surface area (Å²) in [4.78, 5) is 30.1. The predicted octanol–water partition coefficient (Wildman–Crippen LogP) is 5.36. The highest BCUT2D eigenvalue weighted by Crippen LogP contribution is 2.28. The number of amides is 1. The molecule has 0 unspecified atom stereocenters. The van der Waals surface area contributed by atoms with Gasteiger partial charge in [-0.1, -0.05) is 36.4 Å². The van der Waals surface area contributed by atoms with Crippen LogP contribution in [0.1, 0.15) is 27.6 Å². The SMILES string of the molecule is CCNc1ccccc1OC(=O)c1ccccc1NC(=O)c1cc(-c2cccnc2)ccc1O. The van der Waals surface area contributed by atoms with Gasteiger partial charge in [0.1, 0.15) is 5.75 Å². The van der Waals surface area contributed by atoms with Gasteiger partial charge in [0.25, 0.3) is 5.91 Å². The Morgan fingerprint density at radius 3 is 2.41 bits per heavy atom. The van der Waals surface area contributed by atoms with Gasteiger partial charge in [0, 0.05) is 24.5 Å². The molecule has 170 valence electrons. The summed E-state index contributed by atoms with van der Waals surface area (Å²) in [7, 11) is 0. The number of anilines is 2. The molecule has 4 rings (SSSR count). The van der Waals surface area contributed by atoms with Gasteiger partial charge in [0.15, 0.2) is 5.75 Å². The highest BCUT2D eigenvalue weighted by molar-refractivity contribution is 6.10. The summed E-state index contributed by atoms with van der Waals surface area (Å²) in [6.45, 7) is 2.62. The number of hydrogen-bond donors (Lipinski definition) is 3. The molecule has 3 aromatic carbocycles. The number of carbonyl (C=O) groups is 2. The van der Waals surface area contributed by atoms with Crippen LogP contribution in [0.25, 0.3) is 11.1 Å². The minimum Gasteiger partial charge on any atom is -0.507 e. The molecule has 1 amide bonds. The van der Waals surface area contributed by atoms with Gasteiger partial charge >= 0.3 is 5.97 Å². The van der Waals surface area contributed by atoms with Crippen molar-refractivity contribution >= 4 is 23.3 Å². The number of ether oxygens (including phenoxy) is 1. The number of phenolic OH excluding ortho intramolecular Hbond substituents is 1. The van der Waals surface area contributed by atoms with E-state index in [-0.39, 0.29) is 22.6 Å². The zero-order valence-corrected chi connectivity index (χ0v) is 18.5. The molecule has 34 heavy (non-hydrogen) atoms. The molecule has 7 nitrogen and oxygen atoms in total. The summed E-state index contributed by atoms with van der Waals surface area (Å²) < 4.78 is 5.60. The van der Waals surface area contributed by atoms with Gasteiger partial charge in [-0.2, -0.15) is 0 Å². The second-order valence-corrected chi connectivity index (χ2v) is 7.39. The summed E-state index contributed by atoms with van der Waals surface area (Å²) in [5.41, 5.74) is 2.75. The van der Waals surface area contributed by atoms with Gasteiger partial charge in [-0.25, -0.2) is 4.79 Å². The Morgan fingerprint density at radius 1 is 0.882 bits per heavy atom. The van der Waals surface area contributed by atoms with Crippen LogP contribution in [0.5, 0.6) is 11.5 Å². The topological polar surface area (TPSA) is 101 Å². The molecule has 0 aliphatic rings. The lowest BCUT2D eigenvalue weighted by atomic mass is 10.0. The van der Waals surface area contributed by atoms with Crippen molar-refractivity contribution in [3.05, 3.63) is 102 Å². The molecule has 0 saturated heterocycles. The van der Waals surface area contributed by atoms with E-state index in [0.717, 1.165) is 11.1 Å². The van der Waals surface area contributed by atoms with E-state index in [0.29, 0.717) is 18.0 Å². The number of carbonyl (C=O) groups excluding carboxylic acids is 2. The second-order valence-electron chi connectivity index (χ2n) is 7.39. The molecule has 0 atom stereocenters. The minimum atomic E-state index is -0.616. The number of rotatable bonds is 7. The standard InChI is InChI=1S/C27H23N3O4/c1-2-29-23-11-5-6-12-25(23)34-27(33)20-9-3-4-10-22(20)30-26(32)21-16-18(13-14-24(21)31)19-8-7-15-28-17-19/h3-17,29,31H,2H2,1H3,(H,30,32). The molecule has 0 radical (unpaired) electrons. The zero-order chi connectivity index (χ0) is 23.9. The number of nitrogens with one attached hydrogen (secondary N) is 2. The third-order valence-electron chi connectivity index (χ3n) is 5.09. The molecular weight excluding hydrogens is 430 g/mol. The number of pyridine rings is 1. The molecule has 0 aliphatic carbocycles. The van der Waals surface area contributed by atoms with E-state index in [1.807, 2.05) is 25.1 Å². The smallest absolute Gasteiger partial charge is 0.345 e. The van der Waals surface area contributed by atoms with Crippen molar-refractivity contribution in [3.8, 4) is 22.6 Å². The van der Waals surface area contributed by atoms with Gasteiger partial charge in [-0.05, 0) is 55.0 Å². The van der Waals surface area contributed by atoms with Crippen molar-refractivity contribution in [1.82, 2.24) is 4.98 Å². The van der Waals surface area contributed by atoms with Gasteiger partial charge < -0.3 is 20.5 Å². The summed E-state index contributed by atoms with van der Waals surface area (Å²) in [5, 5.41) is 16.2. The van der Waals surface area contributed by atoms with Crippen molar-refractivity contribution in [2.24, 2.45) is 0 Å². The summed E-state index contributed by atoms with van der Waals surface area (Å²) >= 11 is 0. The first kappa shape index (κ1) is 22.5. The van der Waals surface area contributed by atoms with Crippen LogP contribution in [-0.4, -0.2) is 28.5 Å². The first-order valence-electron chi connectivity index (χ1n) is 10.8. The van der Waals surface area contributed by atoms with Crippen LogP contribution >= 0.6 is 0 Å². The van der Waals surface area contributed by atoms with E-state index in [9.17, 15) is 14.7 Å². The molecule has 0 aliphatic heterocycles. The van der Waals surface area contributed by atoms with E-state index in [2.05, 4.69) is 15.6 Å². The van der Waals surface area contributed by atoms with E-state index in [1.54, 1.807) is 67.0 Å². The number of phenols is 1. The third-order valence-corrected chi connectivity index (χ3v) is 5.09. The minimum absolute atomic E-state index is 0.0713. The fraction of sp³-hybridized carbons (Fsp3) is 0.0741. The first-order chi connectivity index (χ1) is 16.6. The highest BCUT2D eigenvalue weighted by atomic mass is 16.5. The fourth-order valence-corrected chi connectivity index (χ4v) is 3.44. The first-order valence-corrected chi connectivity index (χ1v) is 10.8. The third kappa shape index (κ3) is 5.05. The summed E-state index contributed by atoms with van der Waals surface area (Å²) in [5.74, 6) is -0.965. The second kappa shape index (κ2) is 10.3. The van der Waals surface area contributed by atoms with Crippen LogP contribution in [0, 0.1) is 0 Å². The lowest BCUT2D eigenvalue weighted by molar-refractivity contribution is 0.0737. The van der Waals surface area contributed by atoms with Crippen LogP contribution in [0.4, 0.5) is 11.4 Å². The summed E-state index contributed by atoms with van der Waals surface area (Å²) in [6, 6.07) is 22.1. The predicted molar refractivity (Wildman–Crippen MR) is 131 cm³/mol. The van der Waals surface area contributed by atoms with Gasteiger partial charge in [-0.3, -0.25) is 9.78 Å². The van der Waals surface area contributed by atoms with Crippen LogP contribution in [0.3, 0.4) is 0 Å². The highest BCUT2D eigenvalue weighted by Gasteiger charge is 2.19. The Hall–Kier alpha value is -4.65. The van der Waals surface area contributed by atoms with Crippen molar-refractivity contribution in [2.75, 3.05) is 17.2 Å². The maximum absolute atomic E-state index is 13.0. The fourth-order valence-electron chi connectivity index (χ4n) is 3.44. The van der Waals surface area contributed by atoms with E-state index in [1.165, 1.54) is 6.07 Å². The molecule has 1 heterocycles. The Balaban J connectivity index is 1.58. The van der Waals surface area contributed by atoms with Crippen LogP contribution in [0.15, 0.2) is 91.3 Å². The number of hydrogen-bond acceptors (Lipinski definition) is 6. The largest absolute Gasteiger partial charge is 0.507 e. The van der Waals surface area contributed by atoms with Crippen molar-refractivity contribution in [2.45, 2.75) is 6.92 Å². The normalized spacial score (nSPS) is 10.4. The summed E-state index contributed by atoms with van der Waals surface area (Å²) in [6.07, 6.45) is 3.33. The molecule has 0 fully saturated rings. The van der Waals surface area contributed by atoms with E-state index in [4.69, 9.17) is 4.74 Å². The van der Waals surface area contributed by atoms with Crippen molar-refractivity contribution in [1.29, 1.82) is 0 Å². The Bertz CT molecular complexity index is 1320.